The fraction of sp³-hybridized carbons (Fsp3) is 0.143. The Morgan fingerprint density at radius 3 is 2.85 bits per heavy atom. The van der Waals surface area contributed by atoms with E-state index in [0.29, 0.717) is 21.7 Å². The third-order valence-corrected chi connectivity index (χ3v) is 3.12. The Kier molecular flexibility index (Phi) is 4.68. The maximum absolute atomic E-state index is 13.1. The second-order valence-electron chi connectivity index (χ2n) is 4.02. The van der Waals surface area contributed by atoms with Gasteiger partial charge in [0, 0.05) is 12.2 Å². The zero-order valence-electron chi connectivity index (χ0n) is 10.8. The van der Waals surface area contributed by atoms with Crippen molar-refractivity contribution in [2.45, 2.75) is 6.92 Å². The number of nitrogens with one attached hydrogen (secondary N) is 2. The molecule has 4 nitrogen and oxygen atoms in total. The van der Waals surface area contributed by atoms with Gasteiger partial charge < -0.3 is 10.6 Å². The van der Waals surface area contributed by atoms with E-state index in [1.165, 1.54) is 18.2 Å². The van der Waals surface area contributed by atoms with Crippen LogP contribution in [0.15, 0.2) is 40.9 Å². The van der Waals surface area contributed by atoms with Crippen molar-refractivity contribution in [2.75, 3.05) is 17.2 Å². The van der Waals surface area contributed by atoms with Crippen molar-refractivity contribution in [3.05, 3.63) is 52.4 Å². The van der Waals surface area contributed by atoms with E-state index >= 15 is 0 Å². The quantitative estimate of drug-likeness (QED) is 0.894. The lowest BCUT2D eigenvalue weighted by Gasteiger charge is -2.07. The van der Waals surface area contributed by atoms with E-state index in [1.54, 1.807) is 18.2 Å². The Morgan fingerprint density at radius 1 is 1.35 bits per heavy atom. The molecule has 0 radical (unpaired) electrons. The predicted molar refractivity (Wildman–Crippen MR) is 80.5 cm³/mol. The van der Waals surface area contributed by atoms with Gasteiger partial charge in [-0.15, -0.1) is 0 Å². The van der Waals surface area contributed by atoms with Crippen molar-refractivity contribution in [3.63, 3.8) is 0 Å². The number of aromatic nitrogens is 1. The van der Waals surface area contributed by atoms with Gasteiger partial charge in [-0.2, -0.15) is 0 Å². The molecule has 0 unspecified atom stereocenters. The molecule has 2 aromatic rings. The molecule has 20 heavy (non-hydrogen) atoms. The summed E-state index contributed by atoms with van der Waals surface area (Å²) in [4.78, 5) is 16.2. The Hall–Kier alpha value is -1.95. The van der Waals surface area contributed by atoms with Crippen molar-refractivity contribution < 1.29 is 9.18 Å². The van der Waals surface area contributed by atoms with Gasteiger partial charge in [-0.05, 0) is 53.2 Å². The number of carbonyl (C=O) groups is 1. The topological polar surface area (TPSA) is 54.0 Å². The molecule has 2 rings (SSSR count). The second kappa shape index (κ2) is 6.47. The first-order chi connectivity index (χ1) is 9.60. The molecule has 1 heterocycles. The van der Waals surface area contributed by atoms with E-state index in [0.717, 1.165) is 6.54 Å². The Morgan fingerprint density at radius 2 is 2.15 bits per heavy atom. The van der Waals surface area contributed by atoms with Crippen molar-refractivity contribution in [3.8, 4) is 0 Å². The molecule has 0 aliphatic rings. The SMILES string of the molecule is CCNc1cccc(C(=O)Nc2ccc(F)c(Br)c2)n1. The number of carbonyl (C=O) groups excluding carboxylic acids is 1. The van der Waals surface area contributed by atoms with Gasteiger partial charge in [0.25, 0.3) is 5.91 Å². The van der Waals surface area contributed by atoms with Gasteiger partial charge in [-0.25, -0.2) is 9.37 Å². The standard InChI is InChI=1S/C14H13BrFN3O/c1-2-17-13-5-3-4-12(19-13)14(20)18-9-6-7-11(16)10(15)8-9/h3-8H,2H2,1H3,(H,17,19)(H,18,20). The minimum atomic E-state index is -0.379. The molecular weight excluding hydrogens is 325 g/mol. The van der Waals surface area contributed by atoms with Crippen LogP contribution in [0.4, 0.5) is 15.9 Å². The summed E-state index contributed by atoms with van der Waals surface area (Å²) < 4.78 is 13.4. The van der Waals surface area contributed by atoms with Crippen LogP contribution in [-0.4, -0.2) is 17.4 Å². The first-order valence-corrected chi connectivity index (χ1v) is 6.87. The number of nitrogens with zero attached hydrogens (tertiary/aromatic N) is 1. The number of halogens is 2. The number of benzene rings is 1. The lowest BCUT2D eigenvalue weighted by atomic mass is 10.3. The summed E-state index contributed by atoms with van der Waals surface area (Å²) in [6, 6.07) is 9.43. The Balaban J connectivity index is 2.15. The van der Waals surface area contributed by atoms with Crippen LogP contribution in [0.1, 0.15) is 17.4 Å². The number of pyridine rings is 1. The molecule has 0 saturated heterocycles. The maximum atomic E-state index is 13.1. The monoisotopic (exact) mass is 337 g/mol. The summed E-state index contributed by atoms with van der Waals surface area (Å²) in [5, 5.41) is 5.70. The van der Waals surface area contributed by atoms with Crippen LogP contribution in [0.2, 0.25) is 0 Å². The second-order valence-corrected chi connectivity index (χ2v) is 4.88. The summed E-state index contributed by atoms with van der Waals surface area (Å²) in [5.41, 5.74) is 0.794. The molecular formula is C14H13BrFN3O. The number of hydrogen-bond acceptors (Lipinski definition) is 3. The molecule has 104 valence electrons. The third-order valence-electron chi connectivity index (χ3n) is 2.52. The van der Waals surface area contributed by atoms with Crippen LogP contribution in [0.5, 0.6) is 0 Å². The van der Waals surface area contributed by atoms with E-state index in [1.807, 2.05) is 6.92 Å². The van der Waals surface area contributed by atoms with Crippen LogP contribution >= 0.6 is 15.9 Å². The Bertz CT molecular complexity index is 634. The van der Waals surface area contributed by atoms with Gasteiger partial charge in [0.2, 0.25) is 0 Å². The fourth-order valence-corrected chi connectivity index (χ4v) is 1.99. The smallest absolute Gasteiger partial charge is 0.274 e. The molecule has 0 aliphatic heterocycles. The van der Waals surface area contributed by atoms with E-state index < -0.39 is 0 Å². The van der Waals surface area contributed by atoms with Gasteiger partial charge in [0.15, 0.2) is 0 Å². The minimum Gasteiger partial charge on any atom is -0.370 e. The minimum absolute atomic E-state index is 0.295. The van der Waals surface area contributed by atoms with Crippen LogP contribution < -0.4 is 10.6 Å². The largest absolute Gasteiger partial charge is 0.370 e. The lowest BCUT2D eigenvalue weighted by Crippen LogP contribution is -2.14. The molecule has 0 bridgehead atoms. The van der Waals surface area contributed by atoms with Crippen LogP contribution in [0.3, 0.4) is 0 Å². The molecule has 1 aromatic heterocycles. The van der Waals surface area contributed by atoms with Gasteiger partial charge in [0.1, 0.15) is 17.3 Å². The van der Waals surface area contributed by atoms with Crippen LogP contribution in [-0.2, 0) is 0 Å². The van der Waals surface area contributed by atoms with Crippen molar-refractivity contribution in [1.29, 1.82) is 0 Å². The molecule has 0 fully saturated rings. The highest BCUT2D eigenvalue weighted by Crippen LogP contribution is 2.20. The van der Waals surface area contributed by atoms with E-state index in [2.05, 4.69) is 31.5 Å². The lowest BCUT2D eigenvalue weighted by molar-refractivity contribution is 0.102. The molecule has 0 aliphatic carbocycles. The fourth-order valence-electron chi connectivity index (χ4n) is 1.61. The van der Waals surface area contributed by atoms with Crippen molar-refractivity contribution >= 4 is 33.3 Å². The van der Waals surface area contributed by atoms with Crippen LogP contribution in [0, 0.1) is 5.82 Å². The molecule has 2 N–H and O–H groups in total. The van der Waals surface area contributed by atoms with Crippen molar-refractivity contribution in [2.24, 2.45) is 0 Å². The number of amides is 1. The van der Waals surface area contributed by atoms with Gasteiger partial charge in [0.05, 0.1) is 4.47 Å². The highest BCUT2D eigenvalue weighted by atomic mass is 79.9. The molecule has 1 amide bonds. The maximum Gasteiger partial charge on any atom is 0.274 e. The molecule has 0 spiro atoms. The summed E-state index contributed by atoms with van der Waals surface area (Å²) >= 11 is 3.07. The average Bonchev–Trinajstić information content (AvgIpc) is 2.43. The summed E-state index contributed by atoms with van der Waals surface area (Å²) in [6.45, 7) is 2.67. The normalized spacial score (nSPS) is 10.2. The molecule has 1 aromatic carbocycles. The predicted octanol–water partition coefficient (Wildman–Crippen LogP) is 3.67. The third kappa shape index (κ3) is 3.54. The van der Waals surface area contributed by atoms with E-state index in [-0.39, 0.29) is 11.7 Å². The molecule has 0 atom stereocenters. The highest BCUT2D eigenvalue weighted by molar-refractivity contribution is 9.10. The number of hydrogen-bond donors (Lipinski definition) is 2. The number of anilines is 2. The highest BCUT2D eigenvalue weighted by Gasteiger charge is 2.09. The van der Waals surface area contributed by atoms with Gasteiger partial charge in [-0.1, -0.05) is 6.07 Å². The average molecular weight is 338 g/mol. The van der Waals surface area contributed by atoms with Gasteiger partial charge in [-0.3, -0.25) is 4.79 Å². The molecule has 6 heteroatoms. The van der Waals surface area contributed by atoms with Gasteiger partial charge >= 0.3 is 0 Å². The first kappa shape index (κ1) is 14.5. The zero-order chi connectivity index (χ0) is 14.5. The summed E-state index contributed by atoms with van der Waals surface area (Å²) in [5.74, 6) is -0.0843. The Labute approximate surface area is 124 Å². The number of rotatable bonds is 4. The molecule has 0 saturated carbocycles. The van der Waals surface area contributed by atoms with Crippen molar-refractivity contribution in [1.82, 2.24) is 4.98 Å². The van der Waals surface area contributed by atoms with Crippen LogP contribution in [0.25, 0.3) is 0 Å². The zero-order valence-corrected chi connectivity index (χ0v) is 12.4. The van der Waals surface area contributed by atoms with E-state index in [4.69, 9.17) is 0 Å². The summed E-state index contributed by atoms with van der Waals surface area (Å²) in [7, 11) is 0. The first-order valence-electron chi connectivity index (χ1n) is 6.07. The summed E-state index contributed by atoms with van der Waals surface area (Å²) in [6.07, 6.45) is 0. The van der Waals surface area contributed by atoms with E-state index in [9.17, 15) is 9.18 Å².